The predicted octanol–water partition coefficient (Wildman–Crippen LogP) is 2.49. The maximum absolute atomic E-state index is 11.3. The Morgan fingerprint density at radius 2 is 1.85 bits per heavy atom. The second kappa shape index (κ2) is 7.09. The molecule has 0 aromatic heterocycles. The molecule has 0 spiro atoms. The molecule has 1 saturated carbocycles. The third-order valence-corrected chi connectivity index (χ3v) is 5.05. The van der Waals surface area contributed by atoms with Crippen molar-refractivity contribution in [1.29, 1.82) is 0 Å². The molecule has 1 N–H and O–H groups in total. The van der Waals surface area contributed by atoms with E-state index in [9.17, 15) is 8.42 Å². The molecule has 4 nitrogen and oxygen atoms in total. The minimum Gasteiger partial charge on any atom is -0.490 e. The topological polar surface area (TPSA) is 55.4 Å². The van der Waals surface area contributed by atoms with Gasteiger partial charge in [0.25, 0.3) is 0 Å². The van der Waals surface area contributed by atoms with E-state index in [1.807, 2.05) is 24.3 Å². The third-order valence-electron chi connectivity index (χ3n) is 3.64. The highest BCUT2D eigenvalue weighted by molar-refractivity contribution is 7.89. The van der Waals surface area contributed by atoms with Gasteiger partial charge < -0.3 is 4.74 Å². The molecule has 112 valence electrons. The maximum atomic E-state index is 11.3. The van der Waals surface area contributed by atoms with Crippen LogP contribution in [0.25, 0.3) is 0 Å². The van der Waals surface area contributed by atoms with Crippen LogP contribution in [-0.2, 0) is 16.4 Å². The zero-order valence-electron chi connectivity index (χ0n) is 12.0. The van der Waals surface area contributed by atoms with E-state index in [1.54, 1.807) is 6.92 Å². The molecular weight excluding hydrogens is 274 g/mol. The molecule has 0 unspecified atom stereocenters. The van der Waals surface area contributed by atoms with E-state index in [0.29, 0.717) is 19.1 Å². The highest BCUT2D eigenvalue weighted by Crippen LogP contribution is 2.24. The Labute approximate surface area is 121 Å². The molecule has 1 aromatic rings. The van der Waals surface area contributed by atoms with Gasteiger partial charge in [-0.05, 0) is 56.7 Å². The number of hydrogen-bond acceptors (Lipinski definition) is 3. The lowest BCUT2D eigenvalue weighted by atomic mass is 10.1. The normalized spacial score (nSPS) is 16.4. The highest BCUT2D eigenvalue weighted by Gasteiger charge is 2.16. The Morgan fingerprint density at radius 3 is 2.45 bits per heavy atom. The van der Waals surface area contributed by atoms with E-state index in [-0.39, 0.29) is 5.75 Å². The minimum atomic E-state index is -3.09. The number of nitrogens with one attached hydrogen (secondary N) is 1. The first-order valence-corrected chi connectivity index (χ1v) is 8.97. The summed E-state index contributed by atoms with van der Waals surface area (Å²) in [5, 5.41) is 0. The fourth-order valence-electron chi connectivity index (χ4n) is 2.39. The van der Waals surface area contributed by atoms with Crippen molar-refractivity contribution >= 4 is 10.0 Å². The molecule has 1 aliphatic rings. The van der Waals surface area contributed by atoms with Crippen LogP contribution in [-0.4, -0.2) is 26.8 Å². The van der Waals surface area contributed by atoms with Crippen molar-refractivity contribution < 1.29 is 13.2 Å². The summed E-state index contributed by atoms with van der Waals surface area (Å²) in [5.74, 6) is 1.04. The summed E-state index contributed by atoms with van der Waals surface area (Å²) in [4.78, 5) is 0. The quantitative estimate of drug-likeness (QED) is 0.841. The molecule has 1 fully saturated rings. The third kappa shape index (κ3) is 4.80. The first-order chi connectivity index (χ1) is 9.59. The van der Waals surface area contributed by atoms with E-state index in [4.69, 9.17) is 4.74 Å². The van der Waals surface area contributed by atoms with Gasteiger partial charge in [-0.2, -0.15) is 0 Å². The molecule has 20 heavy (non-hydrogen) atoms. The van der Waals surface area contributed by atoms with Crippen molar-refractivity contribution in [1.82, 2.24) is 4.72 Å². The van der Waals surface area contributed by atoms with Crippen LogP contribution in [0.5, 0.6) is 5.75 Å². The number of benzene rings is 1. The Balaban J connectivity index is 1.79. The minimum absolute atomic E-state index is 0.126. The highest BCUT2D eigenvalue weighted by atomic mass is 32.2. The van der Waals surface area contributed by atoms with Crippen LogP contribution in [0.2, 0.25) is 0 Å². The molecular formula is C15H23NO3S. The molecule has 1 aromatic carbocycles. The Bertz CT molecular complexity index is 504. The molecule has 5 heteroatoms. The lowest BCUT2D eigenvalue weighted by Crippen LogP contribution is -2.27. The largest absolute Gasteiger partial charge is 0.490 e. The number of ether oxygens (including phenoxy) is 1. The van der Waals surface area contributed by atoms with E-state index in [1.165, 1.54) is 12.8 Å². The molecule has 0 bridgehead atoms. The number of sulfonamides is 1. The van der Waals surface area contributed by atoms with E-state index in [0.717, 1.165) is 24.2 Å². The number of rotatable bonds is 7. The van der Waals surface area contributed by atoms with Gasteiger partial charge in [0.15, 0.2) is 0 Å². The molecule has 1 aliphatic carbocycles. The van der Waals surface area contributed by atoms with Crippen molar-refractivity contribution in [3.8, 4) is 5.75 Å². The van der Waals surface area contributed by atoms with E-state index < -0.39 is 10.0 Å². The Kier molecular flexibility index (Phi) is 5.43. The first-order valence-electron chi connectivity index (χ1n) is 7.32. The van der Waals surface area contributed by atoms with Crippen LogP contribution in [0, 0.1) is 0 Å². The zero-order chi connectivity index (χ0) is 14.4. The average molecular weight is 297 g/mol. The Hall–Kier alpha value is -1.07. The van der Waals surface area contributed by atoms with Crippen LogP contribution < -0.4 is 9.46 Å². The monoisotopic (exact) mass is 297 g/mol. The summed E-state index contributed by atoms with van der Waals surface area (Å²) in [6.07, 6.45) is 5.90. The molecule has 0 amide bonds. The molecule has 0 heterocycles. The summed E-state index contributed by atoms with van der Waals surface area (Å²) < 4.78 is 31.1. The van der Waals surface area contributed by atoms with Gasteiger partial charge in [0.05, 0.1) is 11.9 Å². The standard InChI is InChI=1S/C15H23NO3S/c1-2-20(17,18)16-12-11-13-7-9-15(10-8-13)19-14-5-3-4-6-14/h7-10,14,16H,2-6,11-12H2,1H3. The SMILES string of the molecule is CCS(=O)(=O)NCCc1ccc(OC2CCCC2)cc1. The van der Waals surface area contributed by atoms with E-state index >= 15 is 0 Å². The van der Waals surface area contributed by atoms with Crippen molar-refractivity contribution in [2.24, 2.45) is 0 Å². The molecule has 0 aliphatic heterocycles. The maximum Gasteiger partial charge on any atom is 0.211 e. The lowest BCUT2D eigenvalue weighted by Gasteiger charge is -2.13. The summed E-state index contributed by atoms with van der Waals surface area (Å²) >= 11 is 0. The summed E-state index contributed by atoms with van der Waals surface area (Å²) in [6, 6.07) is 7.96. The van der Waals surface area contributed by atoms with Crippen molar-refractivity contribution in [2.75, 3.05) is 12.3 Å². The van der Waals surface area contributed by atoms with Crippen LogP contribution in [0.3, 0.4) is 0 Å². The fourth-order valence-corrected chi connectivity index (χ4v) is 3.00. The van der Waals surface area contributed by atoms with Crippen LogP contribution in [0.15, 0.2) is 24.3 Å². The predicted molar refractivity (Wildman–Crippen MR) is 80.5 cm³/mol. The molecule has 0 atom stereocenters. The second-order valence-corrected chi connectivity index (χ2v) is 7.31. The van der Waals surface area contributed by atoms with Gasteiger partial charge in [0.2, 0.25) is 10.0 Å². The van der Waals surface area contributed by atoms with Gasteiger partial charge in [-0.3, -0.25) is 0 Å². The summed E-state index contributed by atoms with van der Waals surface area (Å²) in [7, 11) is -3.09. The average Bonchev–Trinajstić information content (AvgIpc) is 2.94. The van der Waals surface area contributed by atoms with Gasteiger partial charge >= 0.3 is 0 Å². The fraction of sp³-hybridized carbons (Fsp3) is 0.600. The van der Waals surface area contributed by atoms with Gasteiger partial charge in [-0.25, -0.2) is 13.1 Å². The van der Waals surface area contributed by atoms with Gasteiger partial charge in [-0.1, -0.05) is 12.1 Å². The Morgan fingerprint density at radius 1 is 1.20 bits per heavy atom. The molecule has 2 rings (SSSR count). The number of hydrogen-bond donors (Lipinski definition) is 1. The van der Waals surface area contributed by atoms with Gasteiger partial charge in [-0.15, -0.1) is 0 Å². The van der Waals surface area contributed by atoms with Crippen molar-refractivity contribution in [2.45, 2.75) is 45.1 Å². The van der Waals surface area contributed by atoms with Gasteiger partial charge in [0.1, 0.15) is 5.75 Å². The zero-order valence-corrected chi connectivity index (χ0v) is 12.8. The van der Waals surface area contributed by atoms with Crippen LogP contribution in [0.4, 0.5) is 0 Å². The second-order valence-electron chi connectivity index (χ2n) is 5.22. The summed E-state index contributed by atoms with van der Waals surface area (Å²) in [5.41, 5.74) is 1.11. The molecule has 0 radical (unpaired) electrons. The summed E-state index contributed by atoms with van der Waals surface area (Å²) in [6.45, 7) is 2.08. The van der Waals surface area contributed by atoms with E-state index in [2.05, 4.69) is 4.72 Å². The molecule has 0 saturated heterocycles. The smallest absolute Gasteiger partial charge is 0.211 e. The van der Waals surface area contributed by atoms with Crippen LogP contribution >= 0.6 is 0 Å². The van der Waals surface area contributed by atoms with Gasteiger partial charge in [0, 0.05) is 6.54 Å². The van der Waals surface area contributed by atoms with Crippen molar-refractivity contribution in [3.63, 3.8) is 0 Å². The van der Waals surface area contributed by atoms with Crippen molar-refractivity contribution in [3.05, 3.63) is 29.8 Å². The van der Waals surface area contributed by atoms with Crippen LogP contribution in [0.1, 0.15) is 38.2 Å². The first kappa shape index (κ1) is 15.3. The lowest BCUT2D eigenvalue weighted by molar-refractivity contribution is 0.210.